The lowest BCUT2D eigenvalue weighted by molar-refractivity contribution is 0.0527. The van der Waals surface area contributed by atoms with Crippen molar-refractivity contribution in [2.45, 2.75) is 6.92 Å². The van der Waals surface area contributed by atoms with Crippen molar-refractivity contribution >= 4 is 21.9 Å². The molecule has 1 N–H and O–H groups in total. The van der Waals surface area contributed by atoms with E-state index >= 15 is 0 Å². The van der Waals surface area contributed by atoms with E-state index in [2.05, 4.69) is 20.9 Å². The van der Waals surface area contributed by atoms with E-state index in [1.165, 1.54) is 0 Å². The summed E-state index contributed by atoms with van der Waals surface area (Å²) in [6, 6.07) is 7.51. The molecule has 0 aliphatic carbocycles. The summed E-state index contributed by atoms with van der Waals surface area (Å²) in [5, 5.41) is 0. The van der Waals surface area contributed by atoms with Crippen molar-refractivity contribution in [3.8, 4) is 11.1 Å². The van der Waals surface area contributed by atoms with E-state index in [1.807, 2.05) is 30.6 Å². The standard InChI is InChI=1S/C13H12BrNO2/c1-2-17-13(16)12-7-10(14)3-4-11(12)9-5-6-15-8-9/h3-8,15H,2H2,1H3. The van der Waals surface area contributed by atoms with Crippen molar-refractivity contribution in [2.24, 2.45) is 0 Å². The molecule has 0 saturated heterocycles. The number of aromatic amines is 1. The number of hydrogen-bond acceptors (Lipinski definition) is 2. The van der Waals surface area contributed by atoms with Gasteiger partial charge in [-0.3, -0.25) is 0 Å². The van der Waals surface area contributed by atoms with Crippen LogP contribution < -0.4 is 0 Å². The van der Waals surface area contributed by atoms with Crippen molar-refractivity contribution in [3.05, 3.63) is 46.7 Å². The van der Waals surface area contributed by atoms with Crippen LogP contribution in [0.4, 0.5) is 0 Å². The predicted molar refractivity (Wildman–Crippen MR) is 69.9 cm³/mol. The molecule has 0 spiro atoms. The SMILES string of the molecule is CCOC(=O)c1cc(Br)ccc1-c1cc[nH]c1. The van der Waals surface area contributed by atoms with Gasteiger partial charge in [0.1, 0.15) is 0 Å². The van der Waals surface area contributed by atoms with Gasteiger partial charge >= 0.3 is 5.97 Å². The maximum absolute atomic E-state index is 11.9. The van der Waals surface area contributed by atoms with E-state index in [0.717, 1.165) is 15.6 Å². The summed E-state index contributed by atoms with van der Waals surface area (Å²) in [7, 11) is 0. The summed E-state index contributed by atoms with van der Waals surface area (Å²) < 4.78 is 5.91. The lowest BCUT2D eigenvalue weighted by Crippen LogP contribution is -2.06. The number of halogens is 1. The number of benzene rings is 1. The Morgan fingerprint density at radius 2 is 2.24 bits per heavy atom. The number of carbonyl (C=O) groups is 1. The molecule has 0 bridgehead atoms. The lowest BCUT2D eigenvalue weighted by atomic mass is 10.0. The molecule has 0 atom stereocenters. The van der Waals surface area contributed by atoms with Gasteiger partial charge in [-0.05, 0) is 36.2 Å². The average molecular weight is 294 g/mol. The smallest absolute Gasteiger partial charge is 0.338 e. The van der Waals surface area contributed by atoms with E-state index in [-0.39, 0.29) is 5.97 Å². The molecule has 0 unspecified atom stereocenters. The number of aromatic nitrogens is 1. The molecule has 0 aliphatic heterocycles. The molecule has 0 amide bonds. The summed E-state index contributed by atoms with van der Waals surface area (Å²) in [6.45, 7) is 2.17. The third-order valence-corrected chi connectivity index (χ3v) is 2.88. The number of nitrogens with one attached hydrogen (secondary N) is 1. The number of carbonyl (C=O) groups excluding carboxylic acids is 1. The highest BCUT2D eigenvalue weighted by Gasteiger charge is 2.14. The van der Waals surface area contributed by atoms with E-state index in [9.17, 15) is 4.79 Å². The van der Waals surface area contributed by atoms with Crippen LogP contribution in [0.3, 0.4) is 0 Å². The Morgan fingerprint density at radius 3 is 2.88 bits per heavy atom. The van der Waals surface area contributed by atoms with Gasteiger partial charge in [-0.2, -0.15) is 0 Å². The summed E-state index contributed by atoms with van der Waals surface area (Å²) in [6.07, 6.45) is 3.68. The van der Waals surface area contributed by atoms with Crippen molar-refractivity contribution in [2.75, 3.05) is 6.61 Å². The fourth-order valence-corrected chi connectivity index (χ4v) is 2.00. The quantitative estimate of drug-likeness (QED) is 0.878. The maximum Gasteiger partial charge on any atom is 0.338 e. The third kappa shape index (κ3) is 2.58. The van der Waals surface area contributed by atoms with Gasteiger partial charge in [0.15, 0.2) is 0 Å². The zero-order valence-corrected chi connectivity index (χ0v) is 11.0. The Labute approximate surface area is 108 Å². The molecule has 0 fully saturated rings. The molecule has 0 radical (unpaired) electrons. The Balaban J connectivity index is 2.48. The zero-order valence-electron chi connectivity index (χ0n) is 9.37. The molecule has 3 nitrogen and oxygen atoms in total. The van der Waals surface area contributed by atoms with Crippen LogP contribution in [0.1, 0.15) is 17.3 Å². The molecular weight excluding hydrogens is 282 g/mol. The molecule has 17 heavy (non-hydrogen) atoms. The van der Waals surface area contributed by atoms with Crippen LogP contribution in [-0.2, 0) is 4.74 Å². The molecule has 2 rings (SSSR count). The first-order chi connectivity index (χ1) is 8.22. The second-order valence-corrected chi connectivity index (χ2v) is 4.43. The Morgan fingerprint density at radius 1 is 1.41 bits per heavy atom. The zero-order chi connectivity index (χ0) is 12.3. The van der Waals surface area contributed by atoms with Gasteiger partial charge < -0.3 is 9.72 Å². The molecule has 1 aromatic carbocycles. The molecule has 88 valence electrons. The molecule has 2 aromatic rings. The van der Waals surface area contributed by atoms with Gasteiger partial charge in [-0.25, -0.2) is 4.79 Å². The Hall–Kier alpha value is -1.55. The number of esters is 1. The largest absolute Gasteiger partial charge is 0.462 e. The third-order valence-electron chi connectivity index (χ3n) is 2.39. The molecular formula is C13H12BrNO2. The minimum atomic E-state index is -0.301. The topological polar surface area (TPSA) is 42.1 Å². The fourth-order valence-electron chi connectivity index (χ4n) is 1.64. The van der Waals surface area contributed by atoms with Gasteiger partial charge in [0.2, 0.25) is 0 Å². The summed E-state index contributed by atoms with van der Waals surface area (Å²) in [4.78, 5) is 14.8. The Bertz CT molecular complexity index is 520. The number of ether oxygens (including phenoxy) is 1. The minimum absolute atomic E-state index is 0.301. The predicted octanol–water partition coefficient (Wildman–Crippen LogP) is 3.62. The normalized spacial score (nSPS) is 10.2. The summed E-state index contributed by atoms with van der Waals surface area (Å²) in [5.41, 5.74) is 2.41. The first-order valence-electron chi connectivity index (χ1n) is 5.32. The Kier molecular flexibility index (Phi) is 3.64. The van der Waals surface area contributed by atoms with Crippen molar-refractivity contribution in [1.82, 2.24) is 4.98 Å². The second kappa shape index (κ2) is 5.19. The highest BCUT2D eigenvalue weighted by atomic mass is 79.9. The second-order valence-electron chi connectivity index (χ2n) is 3.51. The van der Waals surface area contributed by atoms with Gasteiger partial charge in [0.25, 0.3) is 0 Å². The molecule has 1 aromatic heterocycles. The van der Waals surface area contributed by atoms with Gasteiger partial charge in [0.05, 0.1) is 12.2 Å². The van der Waals surface area contributed by atoms with Crippen LogP contribution in [0.2, 0.25) is 0 Å². The summed E-state index contributed by atoms with van der Waals surface area (Å²) >= 11 is 3.36. The first-order valence-corrected chi connectivity index (χ1v) is 6.11. The van der Waals surface area contributed by atoms with Crippen LogP contribution in [0.25, 0.3) is 11.1 Å². The van der Waals surface area contributed by atoms with Crippen molar-refractivity contribution < 1.29 is 9.53 Å². The van der Waals surface area contributed by atoms with Crippen LogP contribution in [-0.4, -0.2) is 17.6 Å². The average Bonchev–Trinajstić information content (AvgIpc) is 2.82. The highest BCUT2D eigenvalue weighted by Crippen LogP contribution is 2.27. The fraction of sp³-hybridized carbons (Fsp3) is 0.154. The van der Waals surface area contributed by atoms with E-state index in [4.69, 9.17) is 4.74 Å². The highest BCUT2D eigenvalue weighted by molar-refractivity contribution is 9.10. The molecule has 0 saturated carbocycles. The lowest BCUT2D eigenvalue weighted by Gasteiger charge is -2.08. The maximum atomic E-state index is 11.9. The molecule has 1 heterocycles. The first kappa shape index (κ1) is 11.9. The van der Waals surface area contributed by atoms with Crippen LogP contribution in [0.5, 0.6) is 0 Å². The number of rotatable bonds is 3. The van der Waals surface area contributed by atoms with Crippen LogP contribution in [0, 0.1) is 0 Å². The monoisotopic (exact) mass is 293 g/mol. The summed E-state index contributed by atoms with van der Waals surface area (Å²) in [5.74, 6) is -0.301. The van der Waals surface area contributed by atoms with Crippen LogP contribution in [0.15, 0.2) is 41.1 Å². The molecule has 4 heteroatoms. The van der Waals surface area contributed by atoms with E-state index in [1.54, 1.807) is 13.0 Å². The van der Waals surface area contributed by atoms with Gasteiger partial charge in [-0.15, -0.1) is 0 Å². The molecule has 0 aliphatic rings. The minimum Gasteiger partial charge on any atom is -0.462 e. The van der Waals surface area contributed by atoms with Crippen molar-refractivity contribution in [3.63, 3.8) is 0 Å². The number of hydrogen-bond donors (Lipinski definition) is 1. The van der Waals surface area contributed by atoms with Crippen molar-refractivity contribution in [1.29, 1.82) is 0 Å². The van der Waals surface area contributed by atoms with E-state index in [0.29, 0.717) is 12.2 Å². The van der Waals surface area contributed by atoms with Gasteiger partial charge in [0, 0.05) is 16.9 Å². The van der Waals surface area contributed by atoms with Crippen LogP contribution >= 0.6 is 15.9 Å². The number of H-pyrrole nitrogens is 1. The van der Waals surface area contributed by atoms with E-state index < -0.39 is 0 Å². The van der Waals surface area contributed by atoms with Gasteiger partial charge in [-0.1, -0.05) is 22.0 Å².